The first-order valence-electron chi connectivity index (χ1n) is 39.4. The molecule has 0 radical (unpaired) electrons. The summed E-state index contributed by atoms with van der Waals surface area (Å²) in [5.41, 5.74) is -0.564. The lowest BCUT2D eigenvalue weighted by atomic mass is 9.64. The van der Waals surface area contributed by atoms with Crippen molar-refractivity contribution in [3.63, 3.8) is 0 Å². The highest BCUT2D eigenvalue weighted by Gasteiger charge is 2.62. The summed E-state index contributed by atoms with van der Waals surface area (Å²) in [6, 6.07) is 31.6. The summed E-state index contributed by atoms with van der Waals surface area (Å²) in [7, 11) is 2.51. The molecular weight excluding hydrogens is 1670 g/mol. The third kappa shape index (κ3) is 21.2. The molecule has 0 spiro atoms. The number of hydrogen-bond acceptors (Lipinski definition) is 16. The Morgan fingerprint density at radius 1 is 0.392 bits per heavy atom. The van der Waals surface area contributed by atoms with Crippen molar-refractivity contribution in [1.82, 2.24) is 25.8 Å². The Bertz CT molecular complexity index is 4770. The van der Waals surface area contributed by atoms with Crippen LogP contribution in [0.15, 0.2) is 127 Å². The molecule has 3 saturated carbocycles. The Kier molecular flexibility index (Phi) is 31.6. The van der Waals surface area contributed by atoms with Gasteiger partial charge in [-0.05, 0) is 151 Å². The van der Waals surface area contributed by atoms with Gasteiger partial charge in [0.1, 0.15) is 18.1 Å². The SMILES string of the molecule is CC1(C)[C@@H](C(=O)N[C@@H](Cc2ccc(NC(=O)c3c(Cl)cccc3Cl)cc2)C(=O)O)CC[C@@]1(C)C(=O)N1CCOCC1.COC(=O)[C@H](Cc1ccc(NC(=O)c2c(Cl)cccc2Cl)cc1)NC(=O)[C@H]1CC[C@@](C)(C(=O)N2CCOCC2)C1(C)C.COC(=O)[C@H](Cc1ccc(NC(=O)c2c(Cl)cccc2Cl)cc1)NC(=O)[C@H]1CC[C@@](C)(C(=O)O)C1(C)C. The van der Waals surface area contributed by atoms with Gasteiger partial charge in [0, 0.05) is 80.3 Å². The molecule has 9 atom stereocenters. The monoisotopic (exact) mass is 1770 g/mol. The fraction of sp³-hybridized carbons (Fsp3) is 0.455. The fourth-order valence-electron chi connectivity index (χ4n) is 16.5. The van der Waals surface area contributed by atoms with E-state index in [9.17, 15) is 67.7 Å². The number of aliphatic carboxylic acids is 2. The van der Waals surface area contributed by atoms with Crippen LogP contribution in [0.5, 0.6) is 0 Å². The molecule has 120 heavy (non-hydrogen) atoms. The Hall–Kier alpha value is -9.38. The topological polar surface area (TPSA) is 361 Å². The molecule has 5 aliphatic rings. The van der Waals surface area contributed by atoms with E-state index in [1.165, 1.54) is 14.2 Å². The molecule has 8 N–H and O–H groups in total. The molecule has 0 bridgehead atoms. The second-order valence-corrected chi connectivity index (χ2v) is 35.4. The predicted molar refractivity (Wildman–Crippen MR) is 457 cm³/mol. The zero-order valence-corrected chi connectivity index (χ0v) is 73.2. The summed E-state index contributed by atoms with van der Waals surface area (Å²) < 4.78 is 20.7. The molecule has 0 aromatic heterocycles. The highest BCUT2D eigenvalue weighted by molar-refractivity contribution is 6.42. The lowest BCUT2D eigenvalue weighted by Crippen LogP contribution is -2.54. The predicted octanol–water partition coefficient (Wildman–Crippen LogP) is 14.4. The van der Waals surface area contributed by atoms with Crippen LogP contribution in [-0.4, -0.2) is 176 Å². The largest absolute Gasteiger partial charge is 0.481 e. The van der Waals surface area contributed by atoms with Crippen LogP contribution in [-0.2, 0) is 81.4 Å². The number of ether oxygens (including phenoxy) is 4. The van der Waals surface area contributed by atoms with Crippen LogP contribution < -0.4 is 31.9 Å². The normalized spacial score (nSPS) is 22.0. The van der Waals surface area contributed by atoms with Crippen molar-refractivity contribution in [2.45, 2.75) is 138 Å². The van der Waals surface area contributed by atoms with Gasteiger partial charge in [0.25, 0.3) is 17.7 Å². The average Bonchev–Trinajstić information content (AvgIpc) is 1.57. The first kappa shape index (κ1) is 94.5. The molecule has 8 amide bonds. The molecule has 3 aliphatic carbocycles. The van der Waals surface area contributed by atoms with Crippen LogP contribution in [0, 0.1) is 50.2 Å². The number of carboxylic acid groups (broad SMARTS) is 2. The van der Waals surface area contributed by atoms with E-state index in [1.807, 2.05) is 46.4 Å². The van der Waals surface area contributed by atoms with E-state index in [1.54, 1.807) is 153 Å². The van der Waals surface area contributed by atoms with Crippen molar-refractivity contribution in [1.29, 1.82) is 0 Å². The number of halogens is 6. The molecular formula is C88H102Cl6N8O18. The highest BCUT2D eigenvalue weighted by atomic mass is 35.5. The van der Waals surface area contributed by atoms with Gasteiger partial charge in [-0.1, -0.05) is 180 Å². The molecule has 6 aromatic carbocycles. The zero-order chi connectivity index (χ0) is 88.1. The van der Waals surface area contributed by atoms with Gasteiger partial charge >= 0.3 is 23.9 Å². The van der Waals surface area contributed by atoms with Gasteiger partial charge < -0.3 is 70.9 Å². The van der Waals surface area contributed by atoms with Crippen molar-refractivity contribution in [2.24, 2.45) is 50.2 Å². The first-order chi connectivity index (χ1) is 56.5. The minimum Gasteiger partial charge on any atom is -0.481 e. The minimum atomic E-state index is -1.16. The van der Waals surface area contributed by atoms with E-state index >= 15 is 0 Å². The Balaban J connectivity index is 0.000000205. The maximum absolute atomic E-state index is 13.6. The van der Waals surface area contributed by atoms with Crippen LogP contribution >= 0.6 is 69.6 Å². The van der Waals surface area contributed by atoms with E-state index in [2.05, 4.69) is 31.9 Å². The molecule has 2 aliphatic heterocycles. The van der Waals surface area contributed by atoms with Crippen LogP contribution in [0.1, 0.15) is 149 Å². The van der Waals surface area contributed by atoms with Crippen LogP contribution in [0.3, 0.4) is 0 Å². The van der Waals surface area contributed by atoms with Crippen molar-refractivity contribution in [3.05, 3.63) is 191 Å². The molecule has 6 aromatic rings. The maximum atomic E-state index is 13.6. The van der Waals surface area contributed by atoms with Gasteiger partial charge in [-0.15, -0.1) is 0 Å². The number of benzene rings is 6. The van der Waals surface area contributed by atoms with E-state index < -0.39 is 110 Å². The smallest absolute Gasteiger partial charge is 0.328 e. The molecule has 11 rings (SSSR count). The van der Waals surface area contributed by atoms with E-state index in [4.69, 9.17) is 88.6 Å². The first-order valence-corrected chi connectivity index (χ1v) is 41.6. The van der Waals surface area contributed by atoms with Gasteiger partial charge in [-0.25, -0.2) is 14.4 Å². The van der Waals surface area contributed by atoms with Gasteiger partial charge in [0.05, 0.1) is 104 Å². The standard InChI is InChI=1S/C31H37Cl2N3O6.C30H35Cl2N3O6.C27H30Cl2N2O6/c1-30(2)21(12-13-31(30,3)29(40)36-14-16-42-17-15-36)26(37)35-24(28(39)41-4)18-19-8-10-20(11-9-19)34-27(38)25-22(32)6-5-7-23(25)33;1-29(2)20(11-12-30(29,3)28(40)35-13-15-41-16-14-35)25(36)34-23(27(38)39)17-18-7-9-19(10-8-18)33-26(37)24-21(31)5-4-6-22(24)32;1-26(2)17(12-13-27(26,3)25(35)36)22(32)31-20(24(34)37-4)14-15-8-10-16(11-9-15)30-23(33)21-18(28)6-5-7-19(21)29/h5-11,21,24H,12-18H2,1-4H3,(H,34,38)(H,35,37);4-10,20,23H,11-17H2,1-3H3,(H,33,37)(H,34,36)(H,38,39);5-11,17,20H,12-14H2,1-4H3,(H,30,33)(H,31,32)(H,35,36)/t21-,24+,31+;20-,23+,30+;17-,20+,27+/m111/s1. The summed E-state index contributed by atoms with van der Waals surface area (Å²) in [6.45, 7) is 20.9. The van der Waals surface area contributed by atoms with Gasteiger partial charge in [0.15, 0.2) is 0 Å². The third-order valence-corrected chi connectivity index (χ3v) is 27.3. The quantitative estimate of drug-likeness (QED) is 0.0261. The number of carboxylic acids is 2. The van der Waals surface area contributed by atoms with E-state index in [0.717, 1.165) is 5.56 Å². The number of morpholine rings is 2. The maximum Gasteiger partial charge on any atom is 0.328 e. The van der Waals surface area contributed by atoms with Crippen molar-refractivity contribution in [2.75, 3.05) is 82.8 Å². The Labute approximate surface area is 727 Å². The molecule has 5 fully saturated rings. The number of amides is 8. The lowest BCUT2D eigenvalue weighted by Gasteiger charge is -2.43. The number of nitrogens with one attached hydrogen (secondary N) is 6. The number of carbonyl (C=O) groups is 12. The number of methoxy groups -OCH3 is 2. The molecule has 2 saturated heterocycles. The van der Waals surface area contributed by atoms with E-state index in [-0.39, 0.29) is 95.6 Å². The van der Waals surface area contributed by atoms with Gasteiger partial charge in [0.2, 0.25) is 29.5 Å². The van der Waals surface area contributed by atoms with Crippen molar-refractivity contribution in [3.8, 4) is 0 Å². The molecule has 32 heteroatoms. The third-order valence-electron chi connectivity index (χ3n) is 25.4. The number of carbonyl (C=O) groups excluding carboxylic acids is 10. The van der Waals surface area contributed by atoms with E-state index in [0.29, 0.717) is 119 Å². The van der Waals surface area contributed by atoms with Crippen LogP contribution in [0.4, 0.5) is 17.1 Å². The molecule has 2 heterocycles. The Morgan fingerprint density at radius 2 is 0.642 bits per heavy atom. The molecule has 26 nitrogen and oxygen atoms in total. The molecule has 644 valence electrons. The number of nitrogens with zero attached hydrogens (tertiary/aromatic N) is 2. The number of esters is 2. The summed E-state index contributed by atoms with van der Waals surface area (Å²) in [6.07, 6.45) is 3.27. The Morgan fingerprint density at radius 3 is 0.892 bits per heavy atom. The minimum absolute atomic E-state index is 0.0138. The summed E-state index contributed by atoms with van der Waals surface area (Å²) in [5, 5.41) is 37.6. The van der Waals surface area contributed by atoms with Crippen LogP contribution in [0.25, 0.3) is 0 Å². The van der Waals surface area contributed by atoms with Gasteiger partial charge in [-0.2, -0.15) is 0 Å². The van der Waals surface area contributed by atoms with Crippen LogP contribution in [0.2, 0.25) is 30.1 Å². The summed E-state index contributed by atoms with van der Waals surface area (Å²) >= 11 is 36.7. The fourth-order valence-corrected chi connectivity index (χ4v) is 18.3. The number of anilines is 3. The average molecular weight is 1770 g/mol. The number of hydrogen-bond donors (Lipinski definition) is 8. The number of rotatable bonds is 24. The zero-order valence-electron chi connectivity index (χ0n) is 68.7. The summed E-state index contributed by atoms with van der Waals surface area (Å²) in [5.74, 6) is -7.21. The lowest BCUT2D eigenvalue weighted by molar-refractivity contribution is -0.156. The van der Waals surface area contributed by atoms with Crippen molar-refractivity contribution < 1.29 is 86.7 Å². The van der Waals surface area contributed by atoms with Gasteiger partial charge in [-0.3, -0.25) is 43.2 Å². The summed E-state index contributed by atoms with van der Waals surface area (Å²) in [4.78, 5) is 158. The molecule has 0 unspecified atom stereocenters. The highest BCUT2D eigenvalue weighted by Crippen LogP contribution is 2.59. The second-order valence-electron chi connectivity index (χ2n) is 33.0. The van der Waals surface area contributed by atoms with Crippen molar-refractivity contribution >= 4 is 158 Å². The second kappa shape index (κ2) is 40.1.